The number of rotatable bonds is 7. The second-order valence-corrected chi connectivity index (χ2v) is 5.97. The van der Waals surface area contributed by atoms with Crippen molar-refractivity contribution in [2.24, 2.45) is 0 Å². The lowest BCUT2D eigenvalue weighted by molar-refractivity contribution is -0.147. The van der Waals surface area contributed by atoms with Gasteiger partial charge in [-0.15, -0.1) is 0 Å². The van der Waals surface area contributed by atoms with Crippen molar-refractivity contribution in [2.75, 3.05) is 19.5 Å². The Morgan fingerprint density at radius 2 is 2.31 bits per heavy atom. The quantitative estimate of drug-likeness (QED) is 0.651. The van der Waals surface area contributed by atoms with Crippen LogP contribution in [0.15, 0.2) is 0 Å². The van der Waals surface area contributed by atoms with Gasteiger partial charge in [0.05, 0.1) is 13.7 Å². The molecule has 4 nitrogen and oxygen atoms in total. The molecule has 1 saturated carbocycles. The Hall–Kier alpha value is -0.260. The third-order valence-electron chi connectivity index (χ3n) is 2.65. The molecule has 5 heteroatoms. The normalized spacial score (nSPS) is 21.2. The molecule has 0 spiro atoms. The zero-order valence-electron chi connectivity index (χ0n) is 10.2. The molecule has 2 atom stereocenters. The van der Waals surface area contributed by atoms with Crippen LogP contribution in [-0.4, -0.2) is 47.4 Å². The molecule has 0 aromatic heterocycles. The van der Waals surface area contributed by atoms with Crippen LogP contribution in [0, 0.1) is 0 Å². The summed E-state index contributed by atoms with van der Waals surface area (Å²) in [5.41, 5.74) is -0.635. The van der Waals surface area contributed by atoms with Gasteiger partial charge in [-0.05, 0) is 19.8 Å². The Balaban J connectivity index is 2.51. The Bertz CT molecular complexity index is 245. The minimum absolute atomic E-state index is 0.130. The predicted molar refractivity (Wildman–Crippen MR) is 65.6 cm³/mol. The van der Waals surface area contributed by atoms with Crippen LogP contribution in [0.4, 0.5) is 0 Å². The van der Waals surface area contributed by atoms with Crippen molar-refractivity contribution < 1.29 is 14.6 Å². The fraction of sp³-hybridized carbons (Fsp3) is 0.909. The van der Waals surface area contributed by atoms with E-state index >= 15 is 0 Å². The zero-order valence-corrected chi connectivity index (χ0v) is 11.0. The van der Waals surface area contributed by atoms with Gasteiger partial charge in [0.2, 0.25) is 0 Å². The van der Waals surface area contributed by atoms with Gasteiger partial charge in [-0.3, -0.25) is 10.1 Å². The molecule has 16 heavy (non-hydrogen) atoms. The minimum atomic E-state index is -0.635. The lowest BCUT2D eigenvalue weighted by Gasteiger charge is -2.28. The van der Waals surface area contributed by atoms with Gasteiger partial charge in [0.15, 0.2) is 0 Å². The molecule has 0 bridgehead atoms. The van der Waals surface area contributed by atoms with Crippen molar-refractivity contribution >= 4 is 17.7 Å². The molecular weight excluding hydrogens is 226 g/mol. The highest BCUT2D eigenvalue weighted by Gasteiger charge is 2.39. The maximum atomic E-state index is 11.7. The number of carbonyl (C=O) groups excluding carboxylic acids is 1. The van der Waals surface area contributed by atoms with E-state index in [1.165, 1.54) is 7.11 Å². The molecule has 1 rings (SSSR count). The summed E-state index contributed by atoms with van der Waals surface area (Å²) >= 11 is 1.58. The largest absolute Gasteiger partial charge is 0.468 e. The first-order chi connectivity index (χ1) is 7.51. The highest BCUT2D eigenvalue weighted by Crippen LogP contribution is 2.26. The molecular formula is C11H21NO3S. The van der Waals surface area contributed by atoms with Gasteiger partial charge in [-0.1, -0.05) is 6.92 Å². The van der Waals surface area contributed by atoms with Crippen molar-refractivity contribution in [3.05, 3.63) is 0 Å². The average molecular weight is 247 g/mol. The van der Waals surface area contributed by atoms with Crippen LogP contribution in [0.1, 0.15) is 26.7 Å². The molecule has 0 heterocycles. The molecule has 0 amide bonds. The Morgan fingerprint density at radius 1 is 1.69 bits per heavy atom. The van der Waals surface area contributed by atoms with Gasteiger partial charge in [-0.2, -0.15) is 11.8 Å². The Morgan fingerprint density at radius 3 is 2.75 bits per heavy atom. The Kier molecular flexibility index (Phi) is 5.08. The van der Waals surface area contributed by atoms with E-state index < -0.39 is 5.54 Å². The Labute approximate surface area is 101 Å². The number of carbonyl (C=O) groups is 1. The highest BCUT2D eigenvalue weighted by molar-refractivity contribution is 8.00. The molecule has 2 N–H and O–H groups in total. The second kappa shape index (κ2) is 5.89. The molecule has 0 radical (unpaired) electrons. The zero-order chi connectivity index (χ0) is 12.2. The summed E-state index contributed by atoms with van der Waals surface area (Å²) in [5, 5.41) is 12.4. The van der Waals surface area contributed by atoms with Crippen LogP contribution in [0.3, 0.4) is 0 Å². The van der Waals surface area contributed by atoms with Gasteiger partial charge in [-0.25, -0.2) is 0 Å². The summed E-state index contributed by atoms with van der Waals surface area (Å²) in [5.74, 6) is 0.398. The van der Waals surface area contributed by atoms with E-state index in [0.717, 1.165) is 12.8 Å². The van der Waals surface area contributed by atoms with Crippen molar-refractivity contribution in [3.63, 3.8) is 0 Å². The number of hydrogen-bond acceptors (Lipinski definition) is 5. The SMILES string of the molecule is COC(=O)C(C)(CSC(C)CO)NC1CC1. The molecule has 0 aromatic rings. The number of methoxy groups -OCH3 is 1. The van der Waals surface area contributed by atoms with Crippen molar-refractivity contribution in [1.82, 2.24) is 5.32 Å². The topological polar surface area (TPSA) is 58.6 Å². The van der Waals surface area contributed by atoms with Crippen LogP contribution in [0.25, 0.3) is 0 Å². The monoisotopic (exact) mass is 247 g/mol. The van der Waals surface area contributed by atoms with E-state index in [2.05, 4.69) is 5.32 Å². The number of hydrogen-bond donors (Lipinski definition) is 2. The standard InChI is InChI=1S/C11H21NO3S/c1-8(6-13)16-7-11(2,10(14)15-3)12-9-4-5-9/h8-9,12-13H,4-7H2,1-3H3. The fourth-order valence-corrected chi connectivity index (χ4v) is 2.35. The van der Waals surface area contributed by atoms with E-state index in [1.807, 2.05) is 13.8 Å². The van der Waals surface area contributed by atoms with Gasteiger partial charge in [0.1, 0.15) is 5.54 Å². The predicted octanol–water partition coefficient (Wildman–Crippen LogP) is 0.784. The van der Waals surface area contributed by atoms with E-state index in [4.69, 9.17) is 9.84 Å². The molecule has 1 aliphatic rings. The van der Waals surface area contributed by atoms with Gasteiger partial charge in [0, 0.05) is 17.0 Å². The van der Waals surface area contributed by atoms with Crippen LogP contribution in [0.2, 0.25) is 0 Å². The van der Waals surface area contributed by atoms with Crippen molar-refractivity contribution in [2.45, 2.75) is 43.5 Å². The summed E-state index contributed by atoms with van der Waals surface area (Å²) in [4.78, 5) is 11.7. The molecule has 2 unspecified atom stereocenters. The van der Waals surface area contributed by atoms with E-state index in [0.29, 0.717) is 11.8 Å². The van der Waals surface area contributed by atoms with Crippen molar-refractivity contribution in [1.29, 1.82) is 0 Å². The van der Waals surface area contributed by atoms with E-state index in [-0.39, 0.29) is 17.8 Å². The summed E-state index contributed by atoms with van der Waals surface area (Å²) < 4.78 is 4.83. The van der Waals surface area contributed by atoms with Gasteiger partial charge >= 0.3 is 5.97 Å². The fourth-order valence-electron chi connectivity index (χ4n) is 1.42. The van der Waals surface area contributed by atoms with Crippen molar-refractivity contribution in [3.8, 4) is 0 Å². The first kappa shape index (κ1) is 13.8. The summed E-state index contributed by atoms with van der Waals surface area (Å²) in [6.07, 6.45) is 2.26. The van der Waals surface area contributed by atoms with Gasteiger partial charge in [0.25, 0.3) is 0 Å². The number of thioether (sulfide) groups is 1. The third kappa shape index (κ3) is 3.96. The first-order valence-corrected chi connectivity index (χ1v) is 6.65. The highest BCUT2D eigenvalue weighted by atomic mass is 32.2. The van der Waals surface area contributed by atoms with E-state index in [1.54, 1.807) is 11.8 Å². The van der Waals surface area contributed by atoms with Crippen LogP contribution in [-0.2, 0) is 9.53 Å². The van der Waals surface area contributed by atoms with Crippen LogP contribution < -0.4 is 5.32 Å². The molecule has 1 fully saturated rings. The number of esters is 1. The van der Waals surface area contributed by atoms with Crippen LogP contribution >= 0.6 is 11.8 Å². The van der Waals surface area contributed by atoms with Gasteiger partial charge < -0.3 is 9.84 Å². The average Bonchev–Trinajstić information content (AvgIpc) is 3.08. The molecule has 0 saturated heterocycles. The molecule has 94 valence electrons. The minimum Gasteiger partial charge on any atom is -0.468 e. The molecule has 0 aliphatic heterocycles. The first-order valence-electron chi connectivity index (χ1n) is 5.60. The van der Waals surface area contributed by atoms with E-state index in [9.17, 15) is 4.79 Å². The molecule has 0 aromatic carbocycles. The smallest absolute Gasteiger partial charge is 0.326 e. The number of nitrogens with one attached hydrogen (secondary N) is 1. The number of ether oxygens (including phenoxy) is 1. The third-order valence-corrected chi connectivity index (χ3v) is 4.11. The van der Waals surface area contributed by atoms with Crippen LogP contribution in [0.5, 0.6) is 0 Å². The lowest BCUT2D eigenvalue weighted by atomic mass is 10.1. The maximum absolute atomic E-state index is 11.7. The molecule has 1 aliphatic carbocycles. The summed E-state index contributed by atoms with van der Waals surface area (Å²) in [6.45, 7) is 3.94. The maximum Gasteiger partial charge on any atom is 0.326 e. The lowest BCUT2D eigenvalue weighted by Crippen LogP contribution is -2.53. The number of aliphatic hydroxyl groups is 1. The second-order valence-electron chi connectivity index (χ2n) is 4.55. The number of aliphatic hydroxyl groups excluding tert-OH is 1. The summed E-state index contributed by atoms with van der Waals surface area (Å²) in [7, 11) is 1.41. The summed E-state index contributed by atoms with van der Waals surface area (Å²) in [6, 6.07) is 0.453.